The van der Waals surface area contributed by atoms with Crippen LogP contribution >= 0.6 is 0 Å². The summed E-state index contributed by atoms with van der Waals surface area (Å²) in [5.41, 5.74) is 1.99. The van der Waals surface area contributed by atoms with Crippen molar-refractivity contribution in [3.63, 3.8) is 0 Å². The van der Waals surface area contributed by atoms with Gasteiger partial charge in [0.15, 0.2) is 0 Å². The summed E-state index contributed by atoms with van der Waals surface area (Å²) >= 11 is 0. The molecule has 154 valence electrons. The molecule has 0 saturated heterocycles. The van der Waals surface area contributed by atoms with Crippen molar-refractivity contribution < 1.29 is 17.9 Å². The van der Waals surface area contributed by atoms with E-state index in [0.717, 1.165) is 5.52 Å². The molecule has 1 aromatic heterocycles. The lowest BCUT2D eigenvalue weighted by molar-refractivity contribution is 0.0827. The summed E-state index contributed by atoms with van der Waals surface area (Å²) in [6.45, 7) is 0.0850. The maximum Gasteiger partial charge on any atom is 0.253 e. The Labute approximate surface area is 170 Å². The summed E-state index contributed by atoms with van der Waals surface area (Å²) < 4.78 is 34.1. The van der Waals surface area contributed by atoms with Crippen molar-refractivity contribution in [2.45, 2.75) is 11.4 Å². The molecule has 0 atom stereocenters. The van der Waals surface area contributed by atoms with Gasteiger partial charge in [0, 0.05) is 39.8 Å². The smallest absolute Gasteiger partial charge is 0.253 e. The number of carbonyl (C=O) groups excluding carboxylic acids is 1. The molecule has 2 aromatic carbocycles. The first kappa shape index (κ1) is 20.8. The standard InChI is InChI=1S/C20H24N4O4S/c1-22(2)20(25)14-9-10-18-17(11-14)21-19(24(18)4)13-23(3)29(26,27)16-8-6-7-15(12-16)28-5/h6-12H,13H2,1-5H3. The molecule has 0 saturated carbocycles. The molecule has 9 heteroatoms. The second-order valence-corrected chi connectivity index (χ2v) is 8.98. The fraction of sp³-hybridized carbons (Fsp3) is 0.300. The SMILES string of the molecule is COc1cccc(S(=O)(=O)N(C)Cc2nc3cc(C(=O)N(C)C)ccc3n2C)c1. The van der Waals surface area contributed by atoms with Crippen LogP contribution in [0.25, 0.3) is 11.0 Å². The van der Waals surface area contributed by atoms with Crippen LogP contribution in [-0.2, 0) is 23.6 Å². The van der Waals surface area contributed by atoms with E-state index in [1.54, 1.807) is 38.4 Å². The Kier molecular flexibility index (Phi) is 5.63. The van der Waals surface area contributed by atoms with Crippen LogP contribution in [0.5, 0.6) is 5.75 Å². The molecule has 8 nitrogen and oxygen atoms in total. The van der Waals surface area contributed by atoms with Crippen LogP contribution in [-0.4, -0.2) is 61.3 Å². The highest BCUT2D eigenvalue weighted by molar-refractivity contribution is 7.89. The van der Waals surface area contributed by atoms with E-state index in [1.165, 1.54) is 35.5 Å². The van der Waals surface area contributed by atoms with Crippen LogP contribution in [0.4, 0.5) is 0 Å². The molecule has 0 aliphatic carbocycles. The van der Waals surface area contributed by atoms with Gasteiger partial charge in [0.1, 0.15) is 11.6 Å². The molecule has 0 unspecified atom stereocenters. The molecular formula is C20H24N4O4S. The minimum Gasteiger partial charge on any atom is -0.497 e. The van der Waals surface area contributed by atoms with E-state index < -0.39 is 10.0 Å². The summed E-state index contributed by atoms with van der Waals surface area (Å²) in [6.07, 6.45) is 0. The quantitative estimate of drug-likeness (QED) is 0.614. The Balaban J connectivity index is 1.92. The first-order valence-electron chi connectivity index (χ1n) is 8.92. The van der Waals surface area contributed by atoms with E-state index in [1.807, 2.05) is 17.7 Å². The first-order chi connectivity index (χ1) is 13.6. The number of carbonyl (C=O) groups is 1. The van der Waals surface area contributed by atoms with Crippen molar-refractivity contribution in [2.24, 2.45) is 7.05 Å². The summed E-state index contributed by atoms with van der Waals surface area (Å²) in [6, 6.07) is 11.6. The maximum absolute atomic E-state index is 12.9. The monoisotopic (exact) mass is 416 g/mol. The number of rotatable bonds is 6. The Morgan fingerprint density at radius 2 is 1.86 bits per heavy atom. The van der Waals surface area contributed by atoms with Gasteiger partial charge in [0.05, 0.1) is 29.6 Å². The Morgan fingerprint density at radius 1 is 1.14 bits per heavy atom. The lowest BCUT2D eigenvalue weighted by Gasteiger charge is -2.17. The Morgan fingerprint density at radius 3 is 2.52 bits per heavy atom. The van der Waals surface area contributed by atoms with E-state index in [4.69, 9.17) is 4.74 Å². The van der Waals surface area contributed by atoms with Crippen molar-refractivity contribution in [1.82, 2.24) is 18.8 Å². The van der Waals surface area contributed by atoms with Crippen molar-refractivity contribution in [3.8, 4) is 5.75 Å². The third-order valence-corrected chi connectivity index (χ3v) is 6.54. The number of aryl methyl sites for hydroxylation is 1. The molecule has 0 bridgehead atoms. The van der Waals surface area contributed by atoms with E-state index in [9.17, 15) is 13.2 Å². The van der Waals surface area contributed by atoms with Crippen LogP contribution < -0.4 is 4.74 Å². The number of methoxy groups -OCH3 is 1. The highest BCUT2D eigenvalue weighted by Gasteiger charge is 2.23. The number of amides is 1. The van der Waals surface area contributed by atoms with Crippen LogP contribution in [0.2, 0.25) is 0 Å². The van der Waals surface area contributed by atoms with Crippen molar-refractivity contribution in [2.75, 3.05) is 28.3 Å². The molecule has 1 amide bonds. The fourth-order valence-electron chi connectivity index (χ4n) is 3.01. The van der Waals surface area contributed by atoms with Crippen molar-refractivity contribution in [3.05, 3.63) is 53.9 Å². The summed E-state index contributed by atoms with van der Waals surface area (Å²) in [5.74, 6) is 0.931. The lowest BCUT2D eigenvalue weighted by atomic mass is 10.2. The zero-order valence-corrected chi connectivity index (χ0v) is 17.9. The number of benzene rings is 2. The molecule has 29 heavy (non-hydrogen) atoms. The summed E-state index contributed by atoms with van der Waals surface area (Å²) in [7, 11) is 4.48. The molecule has 3 aromatic rings. The number of imidazole rings is 1. The molecule has 0 fully saturated rings. The van der Waals surface area contributed by atoms with Crippen molar-refractivity contribution >= 4 is 27.0 Å². The highest BCUT2D eigenvalue weighted by Crippen LogP contribution is 2.23. The Bertz CT molecular complexity index is 1170. The molecule has 0 aliphatic heterocycles. The van der Waals surface area contributed by atoms with Crippen molar-refractivity contribution in [1.29, 1.82) is 0 Å². The number of ether oxygens (including phenoxy) is 1. The zero-order chi connectivity index (χ0) is 21.3. The molecule has 0 aliphatic rings. The Hall–Kier alpha value is -2.91. The van der Waals surface area contributed by atoms with Gasteiger partial charge >= 0.3 is 0 Å². The molecular weight excluding hydrogens is 392 g/mol. The summed E-state index contributed by atoms with van der Waals surface area (Å²) in [5, 5.41) is 0. The predicted octanol–water partition coefficient (Wildman–Crippen LogP) is 2.10. The van der Waals surface area contributed by atoms with Crippen LogP contribution in [0.3, 0.4) is 0 Å². The van der Waals surface area contributed by atoms with Gasteiger partial charge in [-0.05, 0) is 30.3 Å². The average Bonchev–Trinajstić information content (AvgIpc) is 3.02. The second kappa shape index (κ2) is 7.84. The number of nitrogens with zero attached hydrogens (tertiary/aromatic N) is 4. The van der Waals surface area contributed by atoms with Gasteiger partial charge in [-0.3, -0.25) is 4.79 Å². The predicted molar refractivity (Wildman–Crippen MR) is 110 cm³/mol. The van der Waals surface area contributed by atoms with Crippen LogP contribution in [0.1, 0.15) is 16.2 Å². The van der Waals surface area contributed by atoms with E-state index >= 15 is 0 Å². The third kappa shape index (κ3) is 3.96. The average molecular weight is 417 g/mol. The zero-order valence-electron chi connectivity index (χ0n) is 17.1. The van der Waals surface area contributed by atoms with Gasteiger partial charge < -0.3 is 14.2 Å². The lowest BCUT2D eigenvalue weighted by Crippen LogP contribution is -2.27. The van der Waals surface area contributed by atoms with Gasteiger partial charge in [0.2, 0.25) is 10.0 Å². The van der Waals surface area contributed by atoms with Gasteiger partial charge in [-0.15, -0.1) is 0 Å². The number of fused-ring (bicyclic) bond motifs is 1. The van der Waals surface area contributed by atoms with E-state index in [-0.39, 0.29) is 17.3 Å². The molecule has 0 spiro atoms. The number of hydrogen-bond donors (Lipinski definition) is 0. The molecule has 1 heterocycles. The van der Waals surface area contributed by atoms with E-state index in [0.29, 0.717) is 22.7 Å². The van der Waals surface area contributed by atoms with Gasteiger partial charge in [0.25, 0.3) is 5.91 Å². The molecule has 0 radical (unpaired) electrons. The number of hydrogen-bond acceptors (Lipinski definition) is 5. The molecule has 3 rings (SSSR count). The third-order valence-electron chi connectivity index (χ3n) is 4.74. The highest BCUT2D eigenvalue weighted by atomic mass is 32.2. The maximum atomic E-state index is 12.9. The van der Waals surface area contributed by atoms with Gasteiger partial charge in [-0.25, -0.2) is 13.4 Å². The minimum atomic E-state index is -3.72. The van der Waals surface area contributed by atoms with Crippen LogP contribution in [0.15, 0.2) is 47.4 Å². The fourth-order valence-corrected chi connectivity index (χ4v) is 4.17. The minimum absolute atomic E-state index is 0.0850. The van der Waals surface area contributed by atoms with Gasteiger partial charge in [-0.2, -0.15) is 4.31 Å². The normalized spacial score (nSPS) is 11.8. The van der Waals surface area contributed by atoms with Crippen LogP contribution in [0, 0.1) is 0 Å². The summed E-state index contributed by atoms with van der Waals surface area (Å²) in [4.78, 5) is 18.4. The number of sulfonamides is 1. The van der Waals surface area contributed by atoms with Gasteiger partial charge in [-0.1, -0.05) is 6.07 Å². The second-order valence-electron chi connectivity index (χ2n) is 6.93. The topological polar surface area (TPSA) is 84.7 Å². The number of aromatic nitrogens is 2. The first-order valence-corrected chi connectivity index (χ1v) is 10.4. The largest absolute Gasteiger partial charge is 0.497 e. The van der Waals surface area contributed by atoms with E-state index in [2.05, 4.69) is 4.98 Å². The molecule has 0 N–H and O–H groups in total.